The predicted molar refractivity (Wildman–Crippen MR) is 138 cm³/mol. The van der Waals surface area contributed by atoms with Gasteiger partial charge in [0.25, 0.3) is 0 Å². The quantitative estimate of drug-likeness (QED) is 0.212. The van der Waals surface area contributed by atoms with E-state index in [-0.39, 0.29) is 18.3 Å². The number of thiazole rings is 1. The molecule has 2 heterocycles. The Balaban J connectivity index is 1.36. The zero-order valence-electron chi connectivity index (χ0n) is 18.4. The van der Waals surface area contributed by atoms with E-state index in [9.17, 15) is 4.79 Å². The summed E-state index contributed by atoms with van der Waals surface area (Å²) in [6, 6.07) is 15.4. The highest BCUT2D eigenvalue weighted by molar-refractivity contribution is 7.99. The van der Waals surface area contributed by atoms with Gasteiger partial charge < -0.3 is 10.1 Å². The molecule has 0 aliphatic carbocycles. The molecule has 1 N–H and O–H groups in total. The normalized spacial score (nSPS) is 10.8. The van der Waals surface area contributed by atoms with Gasteiger partial charge in [-0.3, -0.25) is 9.36 Å². The lowest BCUT2D eigenvalue weighted by molar-refractivity contribution is -0.113. The molecule has 0 aliphatic rings. The van der Waals surface area contributed by atoms with Crippen molar-refractivity contribution in [1.82, 2.24) is 19.7 Å². The fourth-order valence-corrected chi connectivity index (χ4v) is 4.74. The highest BCUT2D eigenvalue weighted by atomic mass is 35.5. The molecule has 0 atom stereocenters. The minimum absolute atomic E-state index is 0.167. The van der Waals surface area contributed by atoms with Crippen molar-refractivity contribution in [1.29, 1.82) is 0 Å². The molecule has 1 amide bonds. The zero-order chi connectivity index (χ0) is 23.9. The summed E-state index contributed by atoms with van der Waals surface area (Å²) in [6.07, 6.45) is 1.75. The largest absolute Gasteiger partial charge is 0.484 e. The Morgan fingerprint density at radius 2 is 2.09 bits per heavy atom. The molecular weight excluding hydrogens is 490 g/mol. The molecule has 0 spiro atoms. The van der Waals surface area contributed by atoms with Gasteiger partial charge in [0, 0.05) is 17.5 Å². The molecule has 2 aromatic heterocycles. The molecule has 2 aromatic carbocycles. The van der Waals surface area contributed by atoms with E-state index in [2.05, 4.69) is 27.1 Å². The zero-order valence-corrected chi connectivity index (χ0v) is 20.8. The minimum Gasteiger partial charge on any atom is -0.484 e. The maximum absolute atomic E-state index is 12.5. The Bertz CT molecular complexity index is 1290. The van der Waals surface area contributed by atoms with Crippen LogP contribution < -0.4 is 10.1 Å². The number of nitrogens with one attached hydrogen (secondary N) is 1. The Morgan fingerprint density at radius 3 is 2.88 bits per heavy atom. The van der Waals surface area contributed by atoms with Crippen LogP contribution in [0.25, 0.3) is 11.3 Å². The summed E-state index contributed by atoms with van der Waals surface area (Å²) in [7, 11) is 0. The number of rotatable bonds is 10. The smallest absolute Gasteiger partial charge is 0.236 e. The van der Waals surface area contributed by atoms with Crippen LogP contribution in [0.4, 0.5) is 5.13 Å². The van der Waals surface area contributed by atoms with Crippen molar-refractivity contribution in [2.45, 2.75) is 25.2 Å². The van der Waals surface area contributed by atoms with Crippen LogP contribution in [0.5, 0.6) is 5.75 Å². The summed E-state index contributed by atoms with van der Waals surface area (Å²) in [5, 5.41) is 14.9. The molecule has 0 bridgehead atoms. The molecular formula is C24H22ClN5O2S2. The van der Waals surface area contributed by atoms with Crippen LogP contribution in [0, 0.1) is 6.92 Å². The number of aryl methyl sites for hydroxylation is 1. The lowest BCUT2D eigenvalue weighted by Crippen LogP contribution is -2.15. The molecule has 0 aliphatic heterocycles. The van der Waals surface area contributed by atoms with E-state index in [4.69, 9.17) is 16.3 Å². The first-order valence-corrected chi connectivity index (χ1v) is 12.6. The number of halogens is 1. The number of benzene rings is 2. The number of amides is 1. The second kappa shape index (κ2) is 11.3. The third kappa shape index (κ3) is 6.05. The van der Waals surface area contributed by atoms with Gasteiger partial charge in [0.2, 0.25) is 5.91 Å². The van der Waals surface area contributed by atoms with E-state index >= 15 is 0 Å². The van der Waals surface area contributed by atoms with Crippen molar-refractivity contribution in [3.63, 3.8) is 0 Å². The first-order chi connectivity index (χ1) is 16.5. The molecule has 4 aromatic rings. The highest BCUT2D eigenvalue weighted by Crippen LogP contribution is 2.27. The van der Waals surface area contributed by atoms with Crippen LogP contribution in [0.1, 0.15) is 11.4 Å². The van der Waals surface area contributed by atoms with Gasteiger partial charge in [0.05, 0.1) is 16.5 Å². The maximum Gasteiger partial charge on any atom is 0.236 e. The molecule has 174 valence electrons. The molecule has 4 rings (SSSR count). The van der Waals surface area contributed by atoms with E-state index in [0.717, 1.165) is 16.8 Å². The number of ether oxygens (including phenoxy) is 1. The van der Waals surface area contributed by atoms with Crippen LogP contribution in [0.3, 0.4) is 0 Å². The van der Waals surface area contributed by atoms with E-state index in [0.29, 0.717) is 33.4 Å². The molecule has 34 heavy (non-hydrogen) atoms. The molecule has 0 fully saturated rings. The van der Waals surface area contributed by atoms with Crippen molar-refractivity contribution >= 4 is 45.7 Å². The van der Waals surface area contributed by atoms with Crippen molar-refractivity contribution in [2.24, 2.45) is 0 Å². The van der Waals surface area contributed by atoms with Crippen molar-refractivity contribution in [3.05, 3.63) is 83.0 Å². The van der Waals surface area contributed by atoms with Gasteiger partial charge in [0.1, 0.15) is 12.4 Å². The van der Waals surface area contributed by atoms with Crippen molar-refractivity contribution < 1.29 is 9.53 Å². The number of allylic oxidation sites excluding steroid dienone is 1. The van der Waals surface area contributed by atoms with Gasteiger partial charge >= 0.3 is 0 Å². The number of carbonyl (C=O) groups excluding carboxylic acids is 1. The molecule has 0 saturated carbocycles. The number of nitrogens with zero attached hydrogens (tertiary/aromatic N) is 4. The van der Waals surface area contributed by atoms with E-state index in [1.54, 1.807) is 12.1 Å². The molecule has 10 heteroatoms. The van der Waals surface area contributed by atoms with Gasteiger partial charge in [-0.25, -0.2) is 4.98 Å². The Morgan fingerprint density at radius 1 is 1.26 bits per heavy atom. The third-order valence-electron chi connectivity index (χ3n) is 4.70. The molecule has 7 nitrogen and oxygen atoms in total. The van der Waals surface area contributed by atoms with Crippen LogP contribution in [0.2, 0.25) is 5.02 Å². The maximum atomic E-state index is 12.5. The molecule has 0 saturated heterocycles. The van der Waals surface area contributed by atoms with Gasteiger partial charge in [-0.2, -0.15) is 0 Å². The summed E-state index contributed by atoms with van der Waals surface area (Å²) < 4.78 is 7.73. The summed E-state index contributed by atoms with van der Waals surface area (Å²) in [5.41, 5.74) is 2.89. The summed E-state index contributed by atoms with van der Waals surface area (Å²) in [5.74, 6) is 1.20. The number of aromatic nitrogens is 4. The lowest BCUT2D eigenvalue weighted by atomic mass is 10.2. The average Bonchev–Trinajstić information content (AvgIpc) is 3.46. The summed E-state index contributed by atoms with van der Waals surface area (Å²) >= 11 is 8.90. The fraction of sp³-hybridized carbons (Fsp3) is 0.167. The lowest BCUT2D eigenvalue weighted by Gasteiger charge is -2.10. The van der Waals surface area contributed by atoms with E-state index in [1.165, 1.54) is 23.1 Å². The average molecular weight is 512 g/mol. The third-order valence-corrected chi connectivity index (χ3v) is 6.74. The van der Waals surface area contributed by atoms with Gasteiger partial charge in [-0.15, -0.1) is 28.1 Å². The second-order valence-electron chi connectivity index (χ2n) is 7.26. The van der Waals surface area contributed by atoms with E-state index < -0.39 is 0 Å². The highest BCUT2D eigenvalue weighted by Gasteiger charge is 2.16. The van der Waals surface area contributed by atoms with Gasteiger partial charge in [-0.05, 0) is 24.6 Å². The fourth-order valence-electron chi connectivity index (χ4n) is 3.07. The second-order valence-corrected chi connectivity index (χ2v) is 9.47. The summed E-state index contributed by atoms with van der Waals surface area (Å²) in [6.45, 7) is 6.46. The van der Waals surface area contributed by atoms with Crippen LogP contribution in [-0.2, 0) is 17.9 Å². The summed E-state index contributed by atoms with van der Waals surface area (Å²) in [4.78, 5) is 17.0. The topological polar surface area (TPSA) is 81.9 Å². The number of carbonyl (C=O) groups is 1. The van der Waals surface area contributed by atoms with Crippen molar-refractivity contribution in [3.8, 4) is 17.0 Å². The van der Waals surface area contributed by atoms with Gasteiger partial charge in [0.15, 0.2) is 16.1 Å². The van der Waals surface area contributed by atoms with Crippen LogP contribution in [-0.4, -0.2) is 31.4 Å². The number of anilines is 1. The standard InChI is InChI=1S/C24H22ClN5O2S2/c1-3-11-30-21(13-32-20-12-16(2)9-10-18(20)25)28-29-24(30)34-15-22(31)27-23-26-19(14-33-23)17-7-5-4-6-8-17/h3-10,12,14H,1,11,13,15H2,2H3,(H,26,27,31). The monoisotopic (exact) mass is 511 g/mol. The van der Waals surface area contributed by atoms with Gasteiger partial charge in [-0.1, -0.05) is 65.8 Å². The first-order valence-electron chi connectivity index (χ1n) is 10.4. The van der Waals surface area contributed by atoms with Crippen molar-refractivity contribution in [2.75, 3.05) is 11.1 Å². The molecule has 0 radical (unpaired) electrons. The Labute approximate surface area is 210 Å². The Kier molecular flexibility index (Phi) is 7.99. The number of hydrogen-bond donors (Lipinski definition) is 1. The first kappa shape index (κ1) is 24.0. The predicted octanol–water partition coefficient (Wildman–Crippen LogP) is 5.86. The van der Waals surface area contributed by atoms with Crippen LogP contribution in [0.15, 0.2) is 71.7 Å². The van der Waals surface area contributed by atoms with Crippen LogP contribution >= 0.6 is 34.7 Å². The molecule has 0 unspecified atom stereocenters. The number of thioether (sulfide) groups is 1. The van der Waals surface area contributed by atoms with E-state index in [1.807, 2.05) is 59.3 Å². The SMILES string of the molecule is C=CCn1c(COc2cc(C)ccc2Cl)nnc1SCC(=O)Nc1nc(-c2ccccc2)cs1. The minimum atomic E-state index is -0.170. The number of hydrogen-bond acceptors (Lipinski definition) is 7. The Hall–Kier alpha value is -3.14.